The fraction of sp³-hybridized carbons (Fsp3) is 0.240. The third kappa shape index (κ3) is 3.87. The lowest BCUT2D eigenvalue weighted by molar-refractivity contribution is 0.0638. The molecule has 1 atom stereocenters. The summed E-state index contributed by atoms with van der Waals surface area (Å²) >= 11 is 0. The molecule has 1 unspecified atom stereocenters. The van der Waals surface area contributed by atoms with E-state index >= 15 is 0 Å². The number of fused-ring (bicyclic) bond motifs is 1. The molecule has 5 rings (SSSR count). The number of H-pyrrole nitrogens is 1. The number of aryl methyl sites for hydroxylation is 1. The van der Waals surface area contributed by atoms with Crippen molar-refractivity contribution in [3.05, 3.63) is 83.3 Å². The van der Waals surface area contributed by atoms with Crippen molar-refractivity contribution in [2.24, 2.45) is 0 Å². The fourth-order valence-electron chi connectivity index (χ4n) is 4.39. The molecule has 0 radical (unpaired) electrons. The zero-order valence-corrected chi connectivity index (χ0v) is 17.8. The van der Waals surface area contributed by atoms with E-state index in [0.717, 1.165) is 25.2 Å². The molecular formula is C25H24FN5O. The van der Waals surface area contributed by atoms with Gasteiger partial charge in [0.05, 0.1) is 16.6 Å². The van der Waals surface area contributed by atoms with Gasteiger partial charge in [-0.1, -0.05) is 42.5 Å². The highest BCUT2D eigenvalue weighted by molar-refractivity contribution is 6.07. The van der Waals surface area contributed by atoms with Crippen LogP contribution < -0.4 is 5.32 Å². The number of hydrogen-bond donors (Lipinski definition) is 2. The van der Waals surface area contributed by atoms with E-state index in [1.54, 1.807) is 18.2 Å². The van der Waals surface area contributed by atoms with Gasteiger partial charge in [-0.05, 0) is 37.1 Å². The van der Waals surface area contributed by atoms with Gasteiger partial charge in [0.2, 0.25) is 0 Å². The van der Waals surface area contributed by atoms with Crippen molar-refractivity contribution in [2.75, 3.05) is 19.6 Å². The van der Waals surface area contributed by atoms with Gasteiger partial charge in [-0.3, -0.25) is 9.89 Å². The number of amides is 1. The summed E-state index contributed by atoms with van der Waals surface area (Å²) in [4.78, 5) is 20.4. The van der Waals surface area contributed by atoms with Gasteiger partial charge in [-0.25, -0.2) is 9.37 Å². The molecule has 1 saturated heterocycles. The first-order chi connectivity index (χ1) is 15.6. The van der Waals surface area contributed by atoms with E-state index in [-0.39, 0.29) is 17.8 Å². The van der Waals surface area contributed by atoms with Gasteiger partial charge in [0.15, 0.2) is 5.65 Å². The molecule has 0 spiro atoms. The van der Waals surface area contributed by atoms with E-state index in [9.17, 15) is 9.18 Å². The van der Waals surface area contributed by atoms with E-state index in [1.165, 1.54) is 17.7 Å². The second-order valence-electron chi connectivity index (χ2n) is 8.16. The summed E-state index contributed by atoms with van der Waals surface area (Å²) in [5, 5.41) is 11.4. The Morgan fingerprint density at radius 2 is 2.00 bits per heavy atom. The molecule has 1 fully saturated rings. The molecule has 162 valence electrons. The second kappa shape index (κ2) is 8.51. The number of hydrogen-bond acceptors (Lipinski definition) is 4. The smallest absolute Gasteiger partial charge is 0.255 e. The van der Waals surface area contributed by atoms with Gasteiger partial charge >= 0.3 is 0 Å². The summed E-state index contributed by atoms with van der Waals surface area (Å²) in [6.45, 7) is 3.98. The lowest BCUT2D eigenvalue weighted by Crippen LogP contribution is -2.54. The Bertz CT molecular complexity index is 1270. The zero-order valence-electron chi connectivity index (χ0n) is 17.8. The number of pyridine rings is 1. The van der Waals surface area contributed by atoms with Crippen molar-refractivity contribution in [3.8, 4) is 11.3 Å². The predicted molar refractivity (Wildman–Crippen MR) is 122 cm³/mol. The van der Waals surface area contributed by atoms with Crippen LogP contribution in [0.1, 0.15) is 21.6 Å². The summed E-state index contributed by atoms with van der Waals surface area (Å²) < 4.78 is 13.8. The summed E-state index contributed by atoms with van der Waals surface area (Å²) in [7, 11) is 0. The molecule has 7 heteroatoms. The topological polar surface area (TPSA) is 73.9 Å². The number of nitrogens with zero attached hydrogens (tertiary/aromatic N) is 3. The van der Waals surface area contributed by atoms with Crippen molar-refractivity contribution < 1.29 is 9.18 Å². The number of benzene rings is 2. The lowest BCUT2D eigenvalue weighted by Gasteiger charge is -2.36. The molecule has 1 aliphatic heterocycles. The maximum atomic E-state index is 13.9. The van der Waals surface area contributed by atoms with Crippen LogP contribution in [0.5, 0.6) is 0 Å². The minimum absolute atomic E-state index is 0.0340. The molecule has 2 N–H and O–H groups in total. The number of piperazine rings is 1. The average Bonchev–Trinajstić information content (AvgIpc) is 3.20. The van der Waals surface area contributed by atoms with Crippen molar-refractivity contribution in [3.63, 3.8) is 0 Å². The summed E-state index contributed by atoms with van der Waals surface area (Å²) in [5.41, 5.74) is 4.13. The molecule has 1 aliphatic rings. The van der Waals surface area contributed by atoms with E-state index in [2.05, 4.69) is 32.6 Å². The molecule has 1 amide bonds. The minimum Gasteiger partial charge on any atom is -0.333 e. The standard InChI is InChI=1S/C25H24FN5O/c1-16-23-21(14-22(28-24(23)30-29-16)18-8-5-9-19(26)13-18)25(32)31-11-10-27-15-20(31)12-17-6-3-2-4-7-17/h2-9,13-14,20,27H,10-12,15H2,1H3,(H,28,29,30). The van der Waals surface area contributed by atoms with Gasteiger partial charge in [0, 0.05) is 36.9 Å². The van der Waals surface area contributed by atoms with Gasteiger partial charge < -0.3 is 10.2 Å². The maximum absolute atomic E-state index is 13.9. The van der Waals surface area contributed by atoms with Crippen LogP contribution in [0.4, 0.5) is 4.39 Å². The highest BCUT2D eigenvalue weighted by Crippen LogP contribution is 2.28. The number of aromatic amines is 1. The molecule has 4 aromatic rings. The van der Waals surface area contributed by atoms with Gasteiger partial charge in [-0.2, -0.15) is 5.10 Å². The number of rotatable bonds is 4. The van der Waals surface area contributed by atoms with Crippen LogP contribution in [0, 0.1) is 12.7 Å². The van der Waals surface area contributed by atoms with Crippen molar-refractivity contribution >= 4 is 16.9 Å². The number of halogens is 1. The molecule has 2 aromatic heterocycles. The van der Waals surface area contributed by atoms with E-state index < -0.39 is 0 Å². The molecular weight excluding hydrogens is 405 g/mol. The predicted octanol–water partition coefficient (Wildman–Crippen LogP) is 3.73. The van der Waals surface area contributed by atoms with Crippen LogP contribution in [-0.4, -0.2) is 51.7 Å². The van der Waals surface area contributed by atoms with Crippen LogP contribution >= 0.6 is 0 Å². The third-order valence-electron chi connectivity index (χ3n) is 5.98. The molecule has 32 heavy (non-hydrogen) atoms. The Hall–Kier alpha value is -3.58. The summed E-state index contributed by atoms with van der Waals surface area (Å²) in [5.74, 6) is -0.400. The first-order valence-electron chi connectivity index (χ1n) is 10.8. The first-order valence-corrected chi connectivity index (χ1v) is 10.8. The fourth-order valence-corrected chi connectivity index (χ4v) is 4.39. The van der Waals surface area contributed by atoms with Gasteiger partial charge in [0.25, 0.3) is 5.91 Å². The largest absolute Gasteiger partial charge is 0.333 e. The molecule has 0 saturated carbocycles. The van der Waals surface area contributed by atoms with Crippen molar-refractivity contribution in [1.82, 2.24) is 25.4 Å². The van der Waals surface area contributed by atoms with Crippen LogP contribution in [0.15, 0.2) is 60.7 Å². The Kier molecular flexibility index (Phi) is 5.41. The quantitative estimate of drug-likeness (QED) is 0.519. The number of aromatic nitrogens is 3. The highest BCUT2D eigenvalue weighted by atomic mass is 19.1. The molecule has 0 aliphatic carbocycles. The Balaban J connectivity index is 1.56. The van der Waals surface area contributed by atoms with E-state index in [4.69, 9.17) is 0 Å². The van der Waals surface area contributed by atoms with Crippen molar-refractivity contribution in [2.45, 2.75) is 19.4 Å². The average molecular weight is 429 g/mol. The van der Waals surface area contributed by atoms with E-state index in [1.807, 2.05) is 30.0 Å². The molecule has 2 aromatic carbocycles. The molecule has 6 nitrogen and oxygen atoms in total. The Labute approximate surface area is 185 Å². The first kappa shape index (κ1) is 20.3. The molecule has 3 heterocycles. The highest BCUT2D eigenvalue weighted by Gasteiger charge is 2.30. The Morgan fingerprint density at radius 3 is 2.81 bits per heavy atom. The monoisotopic (exact) mass is 429 g/mol. The van der Waals surface area contributed by atoms with Gasteiger partial charge in [0.1, 0.15) is 5.82 Å². The number of carbonyl (C=O) groups excluding carboxylic acids is 1. The maximum Gasteiger partial charge on any atom is 0.255 e. The third-order valence-corrected chi connectivity index (χ3v) is 5.98. The number of nitrogens with one attached hydrogen (secondary N) is 2. The summed E-state index contributed by atoms with van der Waals surface area (Å²) in [6, 6.07) is 18.2. The molecule has 0 bridgehead atoms. The zero-order chi connectivity index (χ0) is 22.1. The van der Waals surface area contributed by atoms with Crippen LogP contribution in [0.2, 0.25) is 0 Å². The van der Waals surface area contributed by atoms with Gasteiger partial charge in [-0.15, -0.1) is 0 Å². The minimum atomic E-state index is -0.347. The Morgan fingerprint density at radius 1 is 1.16 bits per heavy atom. The lowest BCUT2D eigenvalue weighted by atomic mass is 10.00. The van der Waals surface area contributed by atoms with E-state index in [0.29, 0.717) is 34.4 Å². The second-order valence-corrected chi connectivity index (χ2v) is 8.16. The SMILES string of the molecule is Cc1[nH]nc2nc(-c3cccc(F)c3)cc(C(=O)N3CCNCC3Cc3ccccc3)c12. The van der Waals surface area contributed by atoms with Crippen LogP contribution in [-0.2, 0) is 6.42 Å². The van der Waals surface area contributed by atoms with Crippen molar-refractivity contribution in [1.29, 1.82) is 0 Å². The summed E-state index contributed by atoms with van der Waals surface area (Å²) in [6.07, 6.45) is 0.773. The van der Waals surface area contributed by atoms with Crippen LogP contribution in [0.25, 0.3) is 22.3 Å². The normalized spacial score (nSPS) is 16.4. The van der Waals surface area contributed by atoms with Crippen LogP contribution in [0.3, 0.4) is 0 Å². The number of carbonyl (C=O) groups is 1.